The summed E-state index contributed by atoms with van der Waals surface area (Å²) in [5, 5.41) is 0. The Morgan fingerprint density at radius 2 is 0.947 bits per heavy atom. The number of hydrogen-bond acceptors (Lipinski definition) is 0. The molecule has 19 heavy (non-hydrogen) atoms. The van der Waals surface area contributed by atoms with Crippen molar-refractivity contribution in [3.8, 4) is 0 Å². The van der Waals surface area contributed by atoms with Gasteiger partial charge in [-0.1, -0.05) is 19.7 Å². The molecule has 0 aliphatic heterocycles. The second-order valence-corrected chi connectivity index (χ2v) is 5.49. The minimum atomic E-state index is 1.03. The number of likely N-dealkylation sites (N-methyl/N-ethyl adjacent to an activating group) is 2. The van der Waals surface area contributed by atoms with Crippen LogP contribution < -0.4 is 0 Å². The minimum Gasteiger partial charge on any atom is -0.316 e. The van der Waals surface area contributed by atoms with Crippen LogP contribution in [0, 0.1) is 0 Å². The number of nitrogens with zero attached hydrogens (tertiary/aromatic N) is 2. The van der Waals surface area contributed by atoms with E-state index in [1.54, 1.807) is 0 Å². The van der Waals surface area contributed by atoms with Crippen LogP contribution in [0.2, 0.25) is 0 Å². The molecule has 2 heteroatoms. The van der Waals surface area contributed by atoms with Gasteiger partial charge in [0.25, 0.3) is 0 Å². The second-order valence-electron chi connectivity index (χ2n) is 5.49. The molecule has 0 spiro atoms. The van der Waals surface area contributed by atoms with Crippen LogP contribution in [0.1, 0.15) is 20.8 Å². The standard InChI is InChI=1S/C17H34N2/c1-7-13-18(10-4,11-5)16-17-19(12-6,14-8-2)15-9-3/h7-9H,1-3,10-17H2,4-6H3/q+2. The smallest absolute Gasteiger partial charge is 0.129 e. The number of rotatable bonds is 12. The lowest BCUT2D eigenvalue weighted by molar-refractivity contribution is -0.971. The maximum atomic E-state index is 3.93. The quantitative estimate of drug-likeness (QED) is 0.376. The van der Waals surface area contributed by atoms with Crippen LogP contribution in [-0.4, -0.2) is 61.3 Å². The van der Waals surface area contributed by atoms with Crippen LogP contribution in [0.4, 0.5) is 0 Å². The third-order valence-electron chi connectivity index (χ3n) is 4.61. The molecule has 0 rings (SSSR count). The lowest BCUT2D eigenvalue weighted by atomic mass is 10.2. The molecule has 0 heterocycles. The molecule has 2 nitrogen and oxygen atoms in total. The molecule has 0 aliphatic carbocycles. The monoisotopic (exact) mass is 266 g/mol. The molecule has 0 aromatic carbocycles. The summed E-state index contributed by atoms with van der Waals surface area (Å²) in [5.41, 5.74) is 0. The summed E-state index contributed by atoms with van der Waals surface area (Å²) in [6.45, 7) is 27.6. The number of hydrogen-bond donors (Lipinski definition) is 0. The molecule has 0 atom stereocenters. The molecule has 0 N–H and O–H groups in total. The molecule has 0 radical (unpaired) electrons. The zero-order chi connectivity index (χ0) is 14.8. The molecule has 110 valence electrons. The third kappa shape index (κ3) is 5.33. The van der Waals surface area contributed by atoms with Crippen molar-refractivity contribution in [2.24, 2.45) is 0 Å². The van der Waals surface area contributed by atoms with Crippen molar-refractivity contribution in [1.29, 1.82) is 0 Å². The summed E-state index contributed by atoms with van der Waals surface area (Å²) in [7, 11) is 0. The Bertz CT molecular complexity index is 267. The van der Waals surface area contributed by atoms with Gasteiger partial charge < -0.3 is 8.97 Å². The predicted molar refractivity (Wildman–Crippen MR) is 87.1 cm³/mol. The first-order valence-electron chi connectivity index (χ1n) is 7.60. The highest BCUT2D eigenvalue weighted by Gasteiger charge is 2.29. The SMILES string of the molecule is C=CC[N+](CC)(CC)CC[N+](CC)(CC=C)CC=C. The second kappa shape index (κ2) is 9.11. The van der Waals surface area contributed by atoms with E-state index in [0.717, 1.165) is 35.1 Å². The largest absolute Gasteiger partial charge is 0.316 e. The van der Waals surface area contributed by atoms with Gasteiger partial charge in [-0.3, -0.25) is 0 Å². The Labute approximate surface area is 120 Å². The van der Waals surface area contributed by atoms with Crippen molar-refractivity contribution in [3.05, 3.63) is 38.0 Å². The maximum Gasteiger partial charge on any atom is 0.129 e. The summed E-state index contributed by atoms with van der Waals surface area (Å²) in [6.07, 6.45) is 6.16. The van der Waals surface area contributed by atoms with Crippen molar-refractivity contribution < 1.29 is 8.97 Å². The van der Waals surface area contributed by atoms with Gasteiger partial charge in [-0.2, -0.15) is 0 Å². The summed E-state index contributed by atoms with van der Waals surface area (Å²) >= 11 is 0. The Balaban J connectivity index is 4.87. The van der Waals surface area contributed by atoms with Crippen LogP contribution in [-0.2, 0) is 0 Å². The molecule has 0 saturated carbocycles. The average Bonchev–Trinajstić information content (AvgIpc) is 2.44. The van der Waals surface area contributed by atoms with Gasteiger partial charge in [0, 0.05) is 0 Å². The van der Waals surface area contributed by atoms with Crippen molar-refractivity contribution in [1.82, 2.24) is 0 Å². The van der Waals surface area contributed by atoms with E-state index in [1.807, 2.05) is 12.2 Å². The molecule has 0 amide bonds. The Hall–Kier alpha value is -0.860. The zero-order valence-electron chi connectivity index (χ0n) is 13.4. The highest BCUT2D eigenvalue weighted by atomic mass is 15.4. The molecular formula is C17H34N2+2. The zero-order valence-corrected chi connectivity index (χ0v) is 13.4. The summed E-state index contributed by atoms with van der Waals surface area (Å²) < 4.78 is 2.21. The third-order valence-corrected chi connectivity index (χ3v) is 4.61. The summed E-state index contributed by atoms with van der Waals surface area (Å²) in [6, 6.07) is 0. The van der Waals surface area contributed by atoms with Crippen molar-refractivity contribution in [2.75, 3.05) is 52.4 Å². The van der Waals surface area contributed by atoms with E-state index in [1.165, 1.54) is 26.2 Å². The van der Waals surface area contributed by atoms with Crippen LogP contribution >= 0.6 is 0 Å². The van der Waals surface area contributed by atoms with E-state index < -0.39 is 0 Å². The lowest BCUT2D eigenvalue weighted by Gasteiger charge is -2.41. The lowest BCUT2D eigenvalue weighted by Crippen LogP contribution is -2.57. The highest BCUT2D eigenvalue weighted by molar-refractivity contribution is 4.72. The van der Waals surface area contributed by atoms with Gasteiger partial charge in [-0.25, -0.2) is 0 Å². The van der Waals surface area contributed by atoms with Crippen molar-refractivity contribution in [2.45, 2.75) is 20.8 Å². The first-order chi connectivity index (χ1) is 9.07. The molecule has 0 fully saturated rings. The maximum absolute atomic E-state index is 3.93. The molecule has 0 unspecified atom stereocenters. The van der Waals surface area contributed by atoms with E-state index in [9.17, 15) is 0 Å². The van der Waals surface area contributed by atoms with E-state index >= 15 is 0 Å². The van der Waals surface area contributed by atoms with Crippen LogP contribution in [0.3, 0.4) is 0 Å². The van der Waals surface area contributed by atoms with Crippen molar-refractivity contribution >= 4 is 0 Å². The van der Waals surface area contributed by atoms with E-state index in [0.29, 0.717) is 0 Å². The first-order valence-corrected chi connectivity index (χ1v) is 7.60. The van der Waals surface area contributed by atoms with Crippen LogP contribution in [0.5, 0.6) is 0 Å². The van der Waals surface area contributed by atoms with E-state index in [-0.39, 0.29) is 0 Å². The van der Waals surface area contributed by atoms with E-state index in [2.05, 4.69) is 46.6 Å². The van der Waals surface area contributed by atoms with Gasteiger partial charge in [0.2, 0.25) is 0 Å². The van der Waals surface area contributed by atoms with Gasteiger partial charge in [0.1, 0.15) is 13.1 Å². The van der Waals surface area contributed by atoms with E-state index in [4.69, 9.17) is 0 Å². The Morgan fingerprint density at radius 1 is 0.632 bits per heavy atom. The fourth-order valence-electron chi connectivity index (χ4n) is 2.81. The average molecular weight is 266 g/mol. The molecule has 0 aromatic rings. The molecular weight excluding hydrogens is 232 g/mol. The van der Waals surface area contributed by atoms with Gasteiger partial charge in [-0.05, 0) is 39.0 Å². The Kier molecular flexibility index (Phi) is 8.70. The molecule has 0 saturated heterocycles. The topological polar surface area (TPSA) is 0 Å². The fourth-order valence-corrected chi connectivity index (χ4v) is 2.81. The van der Waals surface area contributed by atoms with Gasteiger partial charge in [0.15, 0.2) is 0 Å². The summed E-state index contributed by atoms with van der Waals surface area (Å²) in [4.78, 5) is 0. The van der Waals surface area contributed by atoms with Crippen LogP contribution in [0.15, 0.2) is 38.0 Å². The number of quaternary nitrogens is 2. The van der Waals surface area contributed by atoms with Crippen LogP contribution in [0.25, 0.3) is 0 Å². The first kappa shape index (κ1) is 18.1. The molecule has 0 aliphatic rings. The Morgan fingerprint density at radius 3 is 1.26 bits per heavy atom. The predicted octanol–water partition coefficient (Wildman–Crippen LogP) is 3.24. The van der Waals surface area contributed by atoms with Crippen molar-refractivity contribution in [3.63, 3.8) is 0 Å². The van der Waals surface area contributed by atoms with Gasteiger partial charge in [0.05, 0.1) is 39.3 Å². The van der Waals surface area contributed by atoms with Gasteiger partial charge in [-0.15, -0.1) is 0 Å². The molecule has 0 aromatic heterocycles. The normalized spacial score (nSPS) is 12.2. The summed E-state index contributed by atoms with van der Waals surface area (Å²) in [5.74, 6) is 0. The highest BCUT2D eigenvalue weighted by Crippen LogP contribution is 2.13. The fraction of sp³-hybridized carbons (Fsp3) is 0.647. The van der Waals surface area contributed by atoms with Gasteiger partial charge >= 0.3 is 0 Å². The minimum absolute atomic E-state index is 1.03. The molecule has 0 bridgehead atoms.